The van der Waals surface area contributed by atoms with E-state index in [1.165, 1.54) is 6.92 Å². The van der Waals surface area contributed by atoms with Gasteiger partial charge < -0.3 is 21.3 Å². The largest absolute Gasteiger partial charge is 0.376 e. The van der Waals surface area contributed by atoms with Crippen molar-refractivity contribution in [2.24, 2.45) is 0 Å². The molecular formula is C21H26N4O3. The lowest BCUT2D eigenvalue weighted by atomic mass is 10.1. The highest BCUT2D eigenvalue weighted by Gasteiger charge is 2.15. The second kappa shape index (κ2) is 9.03. The van der Waals surface area contributed by atoms with Gasteiger partial charge in [0.2, 0.25) is 11.8 Å². The third kappa shape index (κ3) is 7.11. The molecule has 0 aromatic heterocycles. The minimum absolute atomic E-state index is 0.0843. The molecule has 0 spiro atoms. The smallest absolute Gasteiger partial charge is 0.251 e. The van der Waals surface area contributed by atoms with Crippen LogP contribution in [-0.2, 0) is 9.59 Å². The van der Waals surface area contributed by atoms with Crippen molar-refractivity contribution in [1.82, 2.24) is 5.32 Å². The first kappa shape index (κ1) is 21.0. The molecule has 0 aliphatic heterocycles. The molecule has 0 saturated carbocycles. The van der Waals surface area contributed by atoms with Crippen LogP contribution < -0.4 is 21.3 Å². The molecule has 0 unspecified atom stereocenters. The van der Waals surface area contributed by atoms with Crippen LogP contribution in [0.4, 0.5) is 17.1 Å². The first-order chi connectivity index (χ1) is 13.1. The third-order valence-corrected chi connectivity index (χ3v) is 3.58. The zero-order valence-electron chi connectivity index (χ0n) is 16.6. The standard InChI is InChI=1S/C21H26N4O3/c1-14(26)23-17-9-11-18(12-10-17)24-19(27)13-22-16-7-5-15(6-8-16)20(28)25-21(2,3)4/h5-12,22H,13H2,1-4H3,(H,23,26)(H,24,27)(H,25,28). The summed E-state index contributed by atoms with van der Waals surface area (Å²) in [6, 6.07) is 13.8. The predicted octanol–water partition coefficient (Wildman–Crippen LogP) is 3.22. The summed E-state index contributed by atoms with van der Waals surface area (Å²) in [6.45, 7) is 7.29. The molecular weight excluding hydrogens is 356 g/mol. The summed E-state index contributed by atoms with van der Waals surface area (Å²) < 4.78 is 0. The quantitative estimate of drug-likeness (QED) is 0.616. The maximum absolute atomic E-state index is 12.1. The SMILES string of the molecule is CC(=O)Nc1ccc(NC(=O)CNc2ccc(C(=O)NC(C)(C)C)cc2)cc1. The van der Waals surface area contributed by atoms with Crippen molar-refractivity contribution >= 4 is 34.8 Å². The topological polar surface area (TPSA) is 99.3 Å². The number of carbonyl (C=O) groups is 3. The summed E-state index contributed by atoms with van der Waals surface area (Å²) in [6.07, 6.45) is 0. The van der Waals surface area contributed by atoms with Crippen LogP contribution in [0.3, 0.4) is 0 Å². The number of rotatable bonds is 6. The fraction of sp³-hybridized carbons (Fsp3) is 0.286. The molecule has 4 N–H and O–H groups in total. The van der Waals surface area contributed by atoms with Gasteiger partial charge in [-0.05, 0) is 69.3 Å². The number of anilines is 3. The average Bonchev–Trinajstić information content (AvgIpc) is 2.60. The Morgan fingerprint density at radius 2 is 1.29 bits per heavy atom. The van der Waals surface area contributed by atoms with Crippen LogP contribution >= 0.6 is 0 Å². The lowest BCUT2D eigenvalue weighted by Gasteiger charge is -2.20. The number of carbonyl (C=O) groups excluding carboxylic acids is 3. The van der Waals surface area contributed by atoms with Crippen LogP contribution in [0.2, 0.25) is 0 Å². The van der Waals surface area contributed by atoms with E-state index in [0.717, 1.165) is 5.69 Å². The Morgan fingerprint density at radius 1 is 0.786 bits per heavy atom. The van der Waals surface area contributed by atoms with Gasteiger partial charge in [-0.25, -0.2) is 0 Å². The van der Waals surface area contributed by atoms with Crippen molar-refractivity contribution in [3.8, 4) is 0 Å². The highest BCUT2D eigenvalue weighted by Crippen LogP contribution is 2.14. The molecule has 0 saturated heterocycles. The summed E-state index contributed by atoms with van der Waals surface area (Å²) in [7, 11) is 0. The van der Waals surface area contributed by atoms with Crippen molar-refractivity contribution in [3.63, 3.8) is 0 Å². The molecule has 7 nitrogen and oxygen atoms in total. The normalized spacial score (nSPS) is 10.7. The van der Waals surface area contributed by atoms with Gasteiger partial charge in [0.1, 0.15) is 0 Å². The molecule has 7 heteroatoms. The second-order valence-electron chi connectivity index (χ2n) is 7.44. The van der Waals surface area contributed by atoms with E-state index in [-0.39, 0.29) is 29.8 Å². The Kier molecular flexibility index (Phi) is 6.76. The molecule has 0 heterocycles. The van der Waals surface area contributed by atoms with Crippen molar-refractivity contribution in [2.45, 2.75) is 33.2 Å². The molecule has 2 rings (SSSR count). The molecule has 0 atom stereocenters. The first-order valence-electron chi connectivity index (χ1n) is 8.96. The lowest BCUT2D eigenvalue weighted by Crippen LogP contribution is -2.40. The second-order valence-corrected chi connectivity index (χ2v) is 7.44. The average molecular weight is 382 g/mol. The van der Waals surface area contributed by atoms with Gasteiger partial charge in [0.15, 0.2) is 0 Å². The monoisotopic (exact) mass is 382 g/mol. The van der Waals surface area contributed by atoms with E-state index >= 15 is 0 Å². The van der Waals surface area contributed by atoms with Crippen LogP contribution in [0.5, 0.6) is 0 Å². The van der Waals surface area contributed by atoms with Crippen molar-refractivity contribution in [2.75, 3.05) is 22.5 Å². The van der Waals surface area contributed by atoms with Gasteiger partial charge in [-0.3, -0.25) is 14.4 Å². The predicted molar refractivity (Wildman–Crippen MR) is 112 cm³/mol. The molecule has 2 aromatic rings. The van der Waals surface area contributed by atoms with E-state index in [0.29, 0.717) is 16.9 Å². The summed E-state index contributed by atoms with van der Waals surface area (Å²) in [5, 5.41) is 11.3. The number of hydrogen-bond donors (Lipinski definition) is 4. The number of hydrogen-bond acceptors (Lipinski definition) is 4. The van der Waals surface area contributed by atoms with Crippen LogP contribution in [0.1, 0.15) is 38.1 Å². The molecule has 3 amide bonds. The third-order valence-electron chi connectivity index (χ3n) is 3.58. The minimum Gasteiger partial charge on any atom is -0.376 e. The van der Waals surface area contributed by atoms with E-state index in [2.05, 4.69) is 21.3 Å². The molecule has 0 aliphatic carbocycles. The van der Waals surface area contributed by atoms with Crippen LogP contribution in [0, 0.1) is 0 Å². The summed E-state index contributed by atoms with van der Waals surface area (Å²) in [4.78, 5) is 35.2. The van der Waals surface area contributed by atoms with Gasteiger partial charge >= 0.3 is 0 Å². The maximum atomic E-state index is 12.1. The van der Waals surface area contributed by atoms with Gasteiger partial charge in [-0.15, -0.1) is 0 Å². The number of amides is 3. The van der Waals surface area contributed by atoms with E-state index in [1.54, 1.807) is 48.5 Å². The Balaban J connectivity index is 1.84. The maximum Gasteiger partial charge on any atom is 0.251 e. The van der Waals surface area contributed by atoms with Crippen molar-refractivity contribution < 1.29 is 14.4 Å². The molecule has 0 radical (unpaired) electrons. The van der Waals surface area contributed by atoms with Gasteiger partial charge in [0.05, 0.1) is 6.54 Å². The highest BCUT2D eigenvalue weighted by atomic mass is 16.2. The zero-order chi connectivity index (χ0) is 20.7. The molecule has 2 aromatic carbocycles. The Hall–Kier alpha value is -3.35. The number of benzene rings is 2. The van der Waals surface area contributed by atoms with Crippen LogP contribution in [-0.4, -0.2) is 29.8 Å². The summed E-state index contributed by atoms with van der Waals surface area (Å²) in [5.41, 5.74) is 2.30. The van der Waals surface area contributed by atoms with Gasteiger partial charge in [0, 0.05) is 35.1 Å². The van der Waals surface area contributed by atoms with Crippen molar-refractivity contribution in [3.05, 3.63) is 54.1 Å². The molecule has 0 aliphatic rings. The fourth-order valence-electron chi connectivity index (χ4n) is 2.38. The van der Waals surface area contributed by atoms with Crippen molar-refractivity contribution in [1.29, 1.82) is 0 Å². The van der Waals surface area contributed by atoms with Gasteiger partial charge in [-0.2, -0.15) is 0 Å². The molecule has 0 bridgehead atoms. The lowest BCUT2D eigenvalue weighted by molar-refractivity contribution is -0.115. The van der Waals surface area contributed by atoms with Crippen LogP contribution in [0.25, 0.3) is 0 Å². The van der Waals surface area contributed by atoms with E-state index < -0.39 is 0 Å². The zero-order valence-corrected chi connectivity index (χ0v) is 16.6. The van der Waals surface area contributed by atoms with E-state index in [4.69, 9.17) is 0 Å². The van der Waals surface area contributed by atoms with E-state index in [1.807, 2.05) is 20.8 Å². The minimum atomic E-state index is -0.299. The Morgan fingerprint density at radius 3 is 1.79 bits per heavy atom. The molecule has 148 valence electrons. The number of nitrogens with one attached hydrogen (secondary N) is 4. The molecule has 0 fully saturated rings. The molecule has 28 heavy (non-hydrogen) atoms. The van der Waals surface area contributed by atoms with Crippen LogP contribution in [0.15, 0.2) is 48.5 Å². The first-order valence-corrected chi connectivity index (χ1v) is 8.96. The van der Waals surface area contributed by atoms with E-state index in [9.17, 15) is 14.4 Å². The summed E-state index contributed by atoms with van der Waals surface area (Å²) in [5.74, 6) is -0.496. The summed E-state index contributed by atoms with van der Waals surface area (Å²) >= 11 is 0. The highest BCUT2D eigenvalue weighted by molar-refractivity contribution is 5.96. The fourth-order valence-corrected chi connectivity index (χ4v) is 2.38. The Labute approximate surface area is 164 Å². The Bertz CT molecular complexity index is 837. The van der Waals surface area contributed by atoms with Gasteiger partial charge in [0.25, 0.3) is 5.91 Å². The van der Waals surface area contributed by atoms with Gasteiger partial charge in [-0.1, -0.05) is 0 Å².